The third-order valence-electron chi connectivity index (χ3n) is 10.4. The van der Waals surface area contributed by atoms with Crippen LogP contribution in [0.2, 0.25) is 0 Å². The van der Waals surface area contributed by atoms with E-state index in [1.807, 2.05) is 0 Å². The molecule has 0 rings (SSSR count). The average Bonchev–Trinajstić information content (AvgIpc) is 3.46. The molecule has 0 aliphatic carbocycles. The van der Waals surface area contributed by atoms with Crippen LogP contribution in [0.3, 0.4) is 0 Å². The van der Waals surface area contributed by atoms with E-state index in [1.165, 1.54) is 0 Å². The zero-order valence-electron chi connectivity index (χ0n) is 49.2. The lowest BCUT2D eigenvalue weighted by atomic mass is 10.1. The lowest BCUT2D eigenvalue weighted by Gasteiger charge is -2.17. The number of unbranched alkanes of at least 4 members (excludes halogenated alkanes) is 12. The first kappa shape index (κ1) is 79.9. The summed E-state index contributed by atoms with van der Waals surface area (Å²) in [4.78, 5) is 100. The van der Waals surface area contributed by atoms with E-state index in [4.69, 9.17) is 42.6 Å². The van der Waals surface area contributed by atoms with Crippen molar-refractivity contribution < 1.29 is 91.9 Å². The Morgan fingerprint density at radius 3 is 1.05 bits per heavy atom. The van der Waals surface area contributed by atoms with E-state index in [2.05, 4.69) is 77.2 Å². The van der Waals surface area contributed by atoms with Crippen LogP contribution in [0.15, 0.2) is 63.3 Å². The minimum atomic E-state index is -0.540. The molecule has 0 fully saturated rings. The van der Waals surface area contributed by atoms with Gasteiger partial charge in [-0.15, -0.1) is 5.92 Å². The highest BCUT2D eigenvalue weighted by molar-refractivity contribution is 5.82. The Kier molecular flexibility index (Phi) is 63.2. The fourth-order valence-electron chi connectivity index (χ4n) is 5.93. The SMILES string of the molecule is C=CC(=O)OCC(C#CC)COC(=O)CCCCCC.C=CC(=O)OCCCOC(=O)CCCCCC.C=CC(=O)OCCCOCC(COC(=O)C=C)COC(=O)CCCCCC.C=CC(=O)OCCOC(=O)CCCCCC.[HH]. The minimum absolute atomic E-state index is 0. The number of carbonyl (C=O) groups excluding carboxylic acids is 9. The zero-order valence-corrected chi connectivity index (χ0v) is 49.2. The van der Waals surface area contributed by atoms with Crippen molar-refractivity contribution >= 4 is 53.7 Å². The topological polar surface area (TPSA) is 246 Å². The van der Waals surface area contributed by atoms with E-state index in [-0.39, 0.29) is 96.6 Å². The van der Waals surface area contributed by atoms with Crippen molar-refractivity contribution in [3.63, 3.8) is 0 Å². The summed E-state index contributed by atoms with van der Waals surface area (Å²) in [6.07, 6.45) is 24.9. The van der Waals surface area contributed by atoms with Gasteiger partial charge < -0.3 is 47.4 Å². The molecule has 0 heterocycles. The molecule has 0 aromatic heterocycles. The molecule has 0 N–H and O–H groups in total. The third kappa shape index (κ3) is 64.0. The molecule has 0 aromatic carbocycles. The molecule has 0 aromatic rings. The maximum Gasteiger partial charge on any atom is 0.330 e. The van der Waals surface area contributed by atoms with Crippen molar-refractivity contribution in [1.29, 1.82) is 0 Å². The van der Waals surface area contributed by atoms with Crippen molar-refractivity contribution in [3.8, 4) is 11.8 Å². The van der Waals surface area contributed by atoms with E-state index < -0.39 is 29.8 Å². The Morgan fingerprint density at radius 2 is 0.650 bits per heavy atom. The van der Waals surface area contributed by atoms with Crippen LogP contribution in [0.4, 0.5) is 0 Å². The van der Waals surface area contributed by atoms with Gasteiger partial charge in [0.15, 0.2) is 0 Å². The fourth-order valence-corrected chi connectivity index (χ4v) is 5.93. The van der Waals surface area contributed by atoms with Gasteiger partial charge in [-0.05, 0) is 32.6 Å². The summed E-state index contributed by atoms with van der Waals surface area (Å²) < 4.78 is 49.9. The minimum Gasteiger partial charge on any atom is -0.466 e. The second-order valence-corrected chi connectivity index (χ2v) is 17.6. The molecule has 0 amide bonds. The molecule has 19 nitrogen and oxygen atoms in total. The van der Waals surface area contributed by atoms with E-state index in [9.17, 15) is 43.2 Å². The molecule has 0 spiro atoms. The molecule has 0 bridgehead atoms. The Morgan fingerprint density at radius 1 is 0.350 bits per heavy atom. The Bertz CT molecular complexity index is 1790. The molecule has 2 unspecified atom stereocenters. The number of hydrogen-bond acceptors (Lipinski definition) is 19. The first-order chi connectivity index (χ1) is 38.6. The van der Waals surface area contributed by atoms with Crippen molar-refractivity contribution in [1.82, 2.24) is 0 Å². The molecule has 0 aliphatic rings. The molecule has 2 atom stereocenters. The van der Waals surface area contributed by atoms with Crippen LogP contribution in [0.25, 0.3) is 0 Å². The van der Waals surface area contributed by atoms with Gasteiger partial charge in [-0.2, -0.15) is 0 Å². The molecule has 0 saturated carbocycles. The predicted octanol–water partition coefficient (Wildman–Crippen LogP) is 10.9. The lowest BCUT2D eigenvalue weighted by molar-refractivity contribution is -0.149. The lowest BCUT2D eigenvalue weighted by Crippen LogP contribution is -2.25. The number of ether oxygens (including phenoxy) is 10. The molecule has 0 radical (unpaired) electrons. The summed E-state index contributed by atoms with van der Waals surface area (Å²) in [5.74, 6) is 1.68. The van der Waals surface area contributed by atoms with Gasteiger partial charge in [-0.25, -0.2) is 24.0 Å². The number of esters is 9. The van der Waals surface area contributed by atoms with Crippen molar-refractivity contribution in [2.45, 2.75) is 176 Å². The van der Waals surface area contributed by atoms with E-state index >= 15 is 0 Å². The molecule has 19 heteroatoms. The maximum atomic E-state index is 11.8. The van der Waals surface area contributed by atoms with Crippen LogP contribution in [0.5, 0.6) is 0 Å². The monoisotopic (exact) mass is 1140 g/mol. The van der Waals surface area contributed by atoms with E-state index in [1.54, 1.807) is 6.92 Å². The third-order valence-corrected chi connectivity index (χ3v) is 10.4. The van der Waals surface area contributed by atoms with Crippen LogP contribution in [0, 0.1) is 23.7 Å². The normalized spacial score (nSPS) is 10.5. The molecule has 0 saturated heterocycles. The van der Waals surface area contributed by atoms with E-state index in [0.717, 1.165) is 133 Å². The van der Waals surface area contributed by atoms with Crippen LogP contribution < -0.4 is 0 Å². The predicted molar refractivity (Wildman–Crippen MR) is 307 cm³/mol. The summed E-state index contributed by atoms with van der Waals surface area (Å²) in [5, 5.41) is 0. The van der Waals surface area contributed by atoms with Gasteiger partial charge in [0.05, 0.1) is 51.5 Å². The highest BCUT2D eigenvalue weighted by Crippen LogP contribution is 2.09. The maximum absolute atomic E-state index is 11.8. The van der Waals surface area contributed by atoms with Gasteiger partial charge in [0.1, 0.15) is 26.4 Å². The van der Waals surface area contributed by atoms with Gasteiger partial charge in [-0.3, -0.25) is 19.2 Å². The smallest absolute Gasteiger partial charge is 0.330 e. The van der Waals surface area contributed by atoms with E-state index in [0.29, 0.717) is 51.7 Å². The summed E-state index contributed by atoms with van der Waals surface area (Å²) in [6.45, 7) is 28.7. The highest BCUT2D eigenvalue weighted by atomic mass is 16.6. The summed E-state index contributed by atoms with van der Waals surface area (Å²) in [6, 6.07) is 0. The summed E-state index contributed by atoms with van der Waals surface area (Å²) in [5.41, 5.74) is 0. The Labute approximate surface area is 479 Å². The van der Waals surface area contributed by atoms with Crippen LogP contribution >= 0.6 is 0 Å². The fraction of sp³-hybridized carbons (Fsp3) is 0.656. The zero-order chi connectivity index (χ0) is 60.7. The van der Waals surface area contributed by atoms with Gasteiger partial charge in [0.2, 0.25) is 0 Å². The highest BCUT2D eigenvalue weighted by Gasteiger charge is 2.16. The van der Waals surface area contributed by atoms with Crippen LogP contribution in [-0.4, -0.2) is 126 Å². The largest absolute Gasteiger partial charge is 0.466 e. The number of hydrogen-bond donors (Lipinski definition) is 0. The Hall–Kier alpha value is -6.55. The second kappa shape index (κ2) is 63.3. The van der Waals surface area contributed by atoms with Gasteiger partial charge in [0, 0.05) is 76.9 Å². The van der Waals surface area contributed by atoms with Crippen molar-refractivity contribution in [2.75, 3.05) is 72.7 Å². The number of carbonyl (C=O) groups is 9. The van der Waals surface area contributed by atoms with Crippen molar-refractivity contribution in [2.24, 2.45) is 11.8 Å². The molecule has 0 aliphatic heterocycles. The molecular weight excluding hydrogens is 1040 g/mol. The first-order valence-electron chi connectivity index (χ1n) is 28.2. The Balaban J connectivity index is -0.000000323. The quantitative estimate of drug-likeness (QED) is 0.0181. The molecule has 458 valence electrons. The van der Waals surface area contributed by atoms with Gasteiger partial charge >= 0.3 is 53.7 Å². The van der Waals surface area contributed by atoms with Crippen LogP contribution in [0.1, 0.15) is 177 Å². The molecule has 80 heavy (non-hydrogen) atoms. The summed E-state index contributed by atoms with van der Waals surface area (Å²) in [7, 11) is 0. The van der Waals surface area contributed by atoms with Crippen LogP contribution in [-0.2, 0) is 90.5 Å². The molecular formula is C61H100O19. The second-order valence-electron chi connectivity index (χ2n) is 17.6. The van der Waals surface area contributed by atoms with Gasteiger partial charge in [-0.1, -0.05) is 144 Å². The van der Waals surface area contributed by atoms with Gasteiger partial charge in [0.25, 0.3) is 0 Å². The average molecular weight is 1140 g/mol. The standard InChI is InChI=1S/C20H32O7.C16H24O4.C13H22O4.C12H20O4.H2/c1-4-7-8-9-11-20(23)27-16-17(15-26-19(22)6-3)14-24-12-10-13-25-18(21)5-2;1-4-7-8-9-11-16(18)20-13-14(10-5-2)12-19-15(17)6-3;1-3-5-6-7-9-13(15)17-11-8-10-16-12(14)4-2;1-3-5-6-7-8-12(14)16-10-9-15-11(13)4-2;/h5-6,17H,2-4,7-16H2,1H3;6,14H,3-4,7-9,11-13H2,1-2H3;4H,2-3,5-11H2,1H3;4H,2-3,5-10H2,1H3;1H. The van der Waals surface area contributed by atoms with Crippen molar-refractivity contribution in [3.05, 3.63) is 63.3 Å². The first-order valence-corrected chi connectivity index (χ1v) is 28.2. The number of rotatable bonds is 46. The summed E-state index contributed by atoms with van der Waals surface area (Å²) >= 11 is 0.